The van der Waals surface area contributed by atoms with Crippen LogP contribution in [0.3, 0.4) is 0 Å². The second kappa shape index (κ2) is 4.66. The lowest BCUT2D eigenvalue weighted by Crippen LogP contribution is -2.07. The van der Waals surface area contributed by atoms with Crippen LogP contribution in [0, 0.1) is 6.92 Å². The van der Waals surface area contributed by atoms with Crippen LogP contribution in [0.1, 0.15) is 5.69 Å². The Labute approximate surface area is 124 Å². The zero-order chi connectivity index (χ0) is 15.1. The minimum Gasteiger partial charge on any atom is -0.305 e. The van der Waals surface area contributed by atoms with Gasteiger partial charge in [0, 0.05) is 41.5 Å². The summed E-state index contributed by atoms with van der Waals surface area (Å²) in [4.78, 5) is 18.5. The van der Waals surface area contributed by atoms with Gasteiger partial charge in [0.2, 0.25) is 0 Å². The third kappa shape index (κ3) is 1.99. The number of hydrogen-bond donors (Lipinski definition) is 1. The molecule has 0 spiro atoms. The Morgan fingerprint density at radius 1 is 1.05 bits per heavy atom. The maximum Gasteiger partial charge on any atom is 0.251 e. The fourth-order valence-electron chi connectivity index (χ4n) is 2.29. The van der Waals surface area contributed by atoms with Gasteiger partial charge < -0.3 is 4.98 Å². The number of rotatable bonds is 2. The summed E-state index contributed by atoms with van der Waals surface area (Å²) in [6.07, 6.45) is 8.74. The Kier molecular flexibility index (Phi) is 2.65. The van der Waals surface area contributed by atoms with Crippen LogP contribution in [-0.2, 0) is 0 Å². The summed E-state index contributed by atoms with van der Waals surface area (Å²) >= 11 is 0. The van der Waals surface area contributed by atoms with Crippen LogP contribution in [0.4, 0.5) is 0 Å². The fraction of sp³-hybridized carbons (Fsp3) is 0.0667. The van der Waals surface area contributed by atoms with Gasteiger partial charge in [0.1, 0.15) is 5.69 Å². The maximum absolute atomic E-state index is 11.5. The molecule has 1 N–H and O–H groups in total. The average Bonchev–Trinajstić information content (AvgIpc) is 3.14. The number of fused-ring (bicyclic) bond motifs is 1. The smallest absolute Gasteiger partial charge is 0.251 e. The first-order chi connectivity index (χ1) is 10.7. The summed E-state index contributed by atoms with van der Waals surface area (Å²) in [5.74, 6) is 0. The molecule has 22 heavy (non-hydrogen) atoms. The molecule has 7 heteroatoms. The molecule has 0 aliphatic carbocycles. The number of aromatic amines is 1. The molecule has 0 atom stereocenters. The third-order valence-electron chi connectivity index (χ3n) is 3.46. The Morgan fingerprint density at radius 3 is 2.77 bits per heavy atom. The summed E-state index contributed by atoms with van der Waals surface area (Å²) in [7, 11) is 0. The fourth-order valence-corrected chi connectivity index (χ4v) is 2.29. The van der Waals surface area contributed by atoms with Crippen LogP contribution in [-0.4, -0.2) is 29.4 Å². The molecule has 4 heterocycles. The van der Waals surface area contributed by atoms with Gasteiger partial charge in [0.15, 0.2) is 5.65 Å². The van der Waals surface area contributed by atoms with E-state index < -0.39 is 0 Å². The number of hydrogen-bond acceptors (Lipinski definition) is 4. The van der Waals surface area contributed by atoms with Gasteiger partial charge in [-0.1, -0.05) is 6.07 Å². The molecular weight excluding hydrogens is 280 g/mol. The van der Waals surface area contributed by atoms with E-state index in [-0.39, 0.29) is 5.56 Å². The predicted octanol–water partition coefficient (Wildman–Crippen LogP) is 1.58. The maximum atomic E-state index is 11.5. The molecule has 0 unspecified atom stereocenters. The van der Waals surface area contributed by atoms with Crippen LogP contribution in [0.25, 0.3) is 22.5 Å². The molecular formula is C15H12N6O. The largest absolute Gasteiger partial charge is 0.305 e. The highest BCUT2D eigenvalue weighted by atomic mass is 16.1. The Morgan fingerprint density at radius 2 is 1.95 bits per heavy atom. The van der Waals surface area contributed by atoms with Gasteiger partial charge in [-0.25, -0.2) is 9.20 Å². The van der Waals surface area contributed by atoms with Crippen LogP contribution < -0.4 is 5.56 Å². The van der Waals surface area contributed by atoms with Gasteiger partial charge in [-0.2, -0.15) is 10.2 Å². The zero-order valence-electron chi connectivity index (χ0n) is 11.8. The van der Waals surface area contributed by atoms with E-state index in [1.807, 2.05) is 31.5 Å². The van der Waals surface area contributed by atoms with E-state index in [4.69, 9.17) is 0 Å². The van der Waals surface area contributed by atoms with E-state index in [9.17, 15) is 4.79 Å². The third-order valence-corrected chi connectivity index (χ3v) is 3.46. The predicted molar refractivity (Wildman–Crippen MR) is 80.9 cm³/mol. The van der Waals surface area contributed by atoms with Crippen LogP contribution >= 0.6 is 0 Å². The monoisotopic (exact) mass is 292 g/mol. The minimum absolute atomic E-state index is 0.177. The van der Waals surface area contributed by atoms with Crippen LogP contribution in [0.15, 0.2) is 54.0 Å². The zero-order valence-corrected chi connectivity index (χ0v) is 11.8. The van der Waals surface area contributed by atoms with Crippen molar-refractivity contribution in [2.24, 2.45) is 0 Å². The highest BCUT2D eigenvalue weighted by Gasteiger charge is 2.09. The average molecular weight is 292 g/mol. The van der Waals surface area contributed by atoms with Gasteiger partial charge in [-0.05, 0) is 13.0 Å². The topological polar surface area (TPSA) is 80.9 Å². The second-order valence-electron chi connectivity index (χ2n) is 4.99. The van der Waals surface area contributed by atoms with E-state index >= 15 is 0 Å². The first kappa shape index (κ1) is 12.5. The molecule has 0 aliphatic heterocycles. The van der Waals surface area contributed by atoms with Crippen molar-refractivity contribution in [1.29, 1.82) is 0 Å². The van der Waals surface area contributed by atoms with Gasteiger partial charge in [-0.15, -0.1) is 0 Å². The number of nitrogens with one attached hydrogen (secondary N) is 1. The lowest BCUT2D eigenvalue weighted by Gasteiger charge is -1.99. The molecule has 0 aliphatic rings. The highest BCUT2D eigenvalue weighted by Crippen LogP contribution is 2.20. The van der Waals surface area contributed by atoms with Crippen molar-refractivity contribution in [1.82, 2.24) is 29.4 Å². The van der Waals surface area contributed by atoms with Crippen molar-refractivity contribution in [2.75, 3.05) is 0 Å². The van der Waals surface area contributed by atoms with Gasteiger partial charge in [0.05, 0.1) is 12.4 Å². The number of H-pyrrole nitrogens is 1. The molecule has 0 saturated heterocycles. The Balaban J connectivity index is 1.81. The molecule has 7 nitrogen and oxygen atoms in total. The van der Waals surface area contributed by atoms with Gasteiger partial charge >= 0.3 is 0 Å². The molecule has 0 fully saturated rings. The summed E-state index contributed by atoms with van der Waals surface area (Å²) in [5, 5.41) is 8.55. The molecule has 4 aromatic heterocycles. The second-order valence-corrected chi connectivity index (χ2v) is 4.99. The van der Waals surface area contributed by atoms with Crippen LogP contribution in [0.5, 0.6) is 0 Å². The van der Waals surface area contributed by atoms with Crippen LogP contribution in [0.2, 0.25) is 0 Å². The van der Waals surface area contributed by atoms with E-state index in [0.29, 0.717) is 11.3 Å². The molecule has 0 bridgehead atoms. The first-order valence-corrected chi connectivity index (χ1v) is 6.75. The number of aromatic nitrogens is 6. The molecule has 0 amide bonds. The lowest BCUT2D eigenvalue weighted by atomic mass is 10.1. The van der Waals surface area contributed by atoms with E-state index in [1.165, 1.54) is 6.07 Å². The number of nitrogens with zero attached hydrogens (tertiary/aromatic N) is 5. The highest BCUT2D eigenvalue weighted by molar-refractivity contribution is 5.63. The summed E-state index contributed by atoms with van der Waals surface area (Å²) < 4.78 is 3.29. The number of pyridine rings is 1. The summed E-state index contributed by atoms with van der Waals surface area (Å²) in [5.41, 5.74) is 4.04. The molecule has 0 aromatic carbocycles. The number of aryl methyl sites for hydroxylation is 1. The van der Waals surface area contributed by atoms with Crippen molar-refractivity contribution >= 4 is 5.65 Å². The lowest BCUT2D eigenvalue weighted by molar-refractivity contribution is 0.883. The van der Waals surface area contributed by atoms with Gasteiger partial charge in [-0.3, -0.25) is 9.78 Å². The SMILES string of the molecule is Cc1ccc(-c2cnn(-c3cnn4ccc(=O)[nH]c34)c2)cn1. The first-order valence-electron chi connectivity index (χ1n) is 6.75. The minimum atomic E-state index is -0.177. The molecule has 0 saturated carbocycles. The normalized spacial score (nSPS) is 11.1. The summed E-state index contributed by atoms with van der Waals surface area (Å²) in [6.45, 7) is 1.95. The molecule has 108 valence electrons. The quantitative estimate of drug-likeness (QED) is 0.608. The Hall–Kier alpha value is -3.22. The van der Waals surface area contributed by atoms with E-state index in [0.717, 1.165) is 16.8 Å². The van der Waals surface area contributed by atoms with Crippen molar-refractivity contribution in [3.63, 3.8) is 0 Å². The van der Waals surface area contributed by atoms with Crippen molar-refractivity contribution in [2.45, 2.75) is 6.92 Å². The van der Waals surface area contributed by atoms with Crippen molar-refractivity contribution < 1.29 is 0 Å². The van der Waals surface area contributed by atoms with Crippen molar-refractivity contribution in [3.8, 4) is 16.8 Å². The standard InChI is InChI=1S/C15H12N6O/c1-10-2-3-11(6-16-10)12-7-17-21(9-12)13-8-18-20-5-4-14(22)19-15(13)20/h2-9H,1H3,(H,19,22). The molecule has 4 rings (SSSR count). The van der Waals surface area contributed by atoms with Gasteiger partial charge in [0.25, 0.3) is 5.56 Å². The van der Waals surface area contributed by atoms with Crippen molar-refractivity contribution in [3.05, 3.63) is 65.2 Å². The summed E-state index contributed by atoms with van der Waals surface area (Å²) in [6, 6.07) is 5.39. The molecule has 0 radical (unpaired) electrons. The van der Waals surface area contributed by atoms with E-state index in [2.05, 4.69) is 20.2 Å². The Bertz CT molecular complexity index is 1010. The van der Waals surface area contributed by atoms with E-state index in [1.54, 1.807) is 27.8 Å². The molecule has 4 aromatic rings.